The van der Waals surface area contributed by atoms with Gasteiger partial charge in [-0.25, -0.2) is 4.79 Å². The van der Waals surface area contributed by atoms with Crippen molar-refractivity contribution in [1.82, 2.24) is 10.2 Å². The van der Waals surface area contributed by atoms with Crippen molar-refractivity contribution in [3.8, 4) is 0 Å². The van der Waals surface area contributed by atoms with E-state index in [4.69, 9.17) is 5.11 Å². The third-order valence-electron chi connectivity index (χ3n) is 3.64. The number of piperidine rings is 1. The Kier molecular flexibility index (Phi) is 5.34. The summed E-state index contributed by atoms with van der Waals surface area (Å²) >= 11 is 0. The molecule has 0 aliphatic carbocycles. The minimum atomic E-state index is -1.04. The van der Waals surface area contributed by atoms with E-state index < -0.39 is 5.97 Å². The summed E-state index contributed by atoms with van der Waals surface area (Å²) in [6, 6.07) is 0.362. The number of carboxylic acid groups (broad SMARTS) is 1. The SMILES string of the molecule is CC(C(=O)O)=C(C)C(=O)NCC1CCCCN1C. The molecule has 5 heteroatoms. The monoisotopic (exact) mass is 254 g/mol. The number of amides is 1. The molecule has 2 N–H and O–H groups in total. The minimum absolute atomic E-state index is 0.101. The van der Waals surface area contributed by atoms with Crippen LogP contribution in [0, 0.1) is 0 Å². The lowest BCUT2D eigenvalue weighted by molar-refractivity contribution is -0.133. The van der Waals surface area contributed by atoms with E-state index in [1.165, 1.54) is 19.8 Å². The zero-order valence-corrected chi connectivity index (χ0v) is 11.3. The van der Waals surface area contributed by atoms with Gasteiger partial charge in [0, 0.05) is 23.7 Å². The molecule has 1 heterocycles. The third-order valence-corrected chi connectivity index (χ3v) is 3.64. The molecule has 1 atom stereocenters. The molecule has 1 amide bonds. The van der Waals surface area contributed by atoms with Crippen LogP contribution in [0.15, 0.2) is 11.1 Å². The van der Waals surface area contributed by atoms with Crippen LogP contribution in [-0.2, 0) is 9.59 Å². The van der Waals surface area contributed by atoms with Gasteiger partial charge >= 0.3 is 5.97 Å². The van der Waals surface area contributed by atoms with Crippen LogP contribution in [0.2, 0.25) is 0 Å². The highest BCUT2D eigenvalue weighted by atomic mass is 16.4. The van der Waals surface area contributed by atoms with Crippen LogP contribution in [0.25, 0.3) is 0 Å². The lowest BCUT2D eigenvalue weighted by Crippen LogP contribution is -2.44. The fourth-order valence-electron chi connectivity index (χ4n) is 2.08. The van der Waals surface area contributed by atoms with E-state index in [0.29, 0.717) is 12.6 Å². The summed E-state index contributed by atoms with van der Waals surface area (Å²) in [5.41, 5.74) is 0.380. The Morgan fingerprint density at radius 2 is 1.94 bits per heavy atom. The van der Waals surface area contributed by atoms with Gasteiger partial charge in [-0.1, -0.05) is 6.42 Å². The summed E-state index contributed by atoms with van der Waals surface area (Å²) in [7, 11) is 2.06. The highest BCUT2D eigenvalue weighted by molar-refractivity contribution is 6.01. The Morgan fingerprint density at radius 3 is 2.50 bits per heavy atom. The van der Waals surface area contributed by atoms with Gasteiger partial charge in [0.25, 0.3) is 0 Å². The number of likely N-dealkylation sites (tertiary alicyclic amines) is 1. The molecule has 1 unspecified atom stereocenters. The van der Waals surface area contributed by atoms with Crippen molar-refractivity contribution in [3.63, 3.8) is 0 Å². The van der Waals surface area contributed by atoms with Crippen LogP contribution in [0.5, 0.6) is 0 Å². The summed E-state index contributed by atoms with van der Waals surface area (Å²) in [5, 5.41) is 11.6. The number of carboxylic acids is 1. The molecule has 0 aromatic rings. The molecule has 1 fully saturated rings. The van der Waals surface area contributed by atoms with Gasteiger partial charge in [0.05, 0.1) is 0 Å². The van der Waals surface area contributed by atoms with E-state index in [2.05, 4.69) is 17.3 Å². The molecule has 5 nitrogen and oxygen atoms in total. The first-order valence-corrected chi connectivity index (χ1v) is 6.32. The van der Waals surface area contributed by atoms with Crippen LogP contribution in [0.3, 0.4) is 0 Å². The molecular weight excluding hydrogens is 232 g/mol. The number of likely N-dealkylation sites (N-methyl/N-ethyl adjacent to an activating group) is 1. The van der Waals surface area contributed by atoms with Gasteiger partial charge in [-0.15, -0.1) is 0 Å². The van der Waals surface area contributed by atoms with E-state index in [-0.39, 0.29) is 17.1 Å². The molecule has 0 radical (unpaired) electrons. The highest BCUT2D eigenvalue weighted by Gasteiger charge is 2.20. The fourth-order valence-corrected chi connectivity index (χ4v) is 2.08. The molecule has 1 rings (SSSR count). The van der Waals surface area contributed by atoms with Gasteiger partial charge in [-0.3, -0.25) is 4.79 Å². The minimum Gasteiger partial charge on any atom is -0.478 e. The van der Waals surface area contributed by atoms with Gasteiger partial charge in [0.15, 0.2) is 0 Å². The first-order chi connectivity index (χ1) is 8.43. The summed E-state index contributed by atoms with van der Waals surface area (Å²) in [4.78, 5) is 24.8. The molecule has 0 bridgehead atoms. The van der Waals surface area contributed by atoms with Gasteiger partial charge in [0.1, 0.15) is 0 Å². The van der Waals surface area contributed by atoms with Gasteiger partial charge < -0.3 is 15.3 Å². The second-order valence-corrected chi connectivity index (χ2v) is 4.90. The van der Waals surface area contributed by atoms with Crippen LogP contribution in [-0.4, -0.2) is 48.1 Å². The summed E-state index contributed by atoms with van der Waals surface area (Å²) < 4.78 is 0. The molecule has 1 aliphatic heterocycles. The number of nitrogens with one attached hydrogen (secondary N) is 1. The molecular formula is C13H22N2O3. The van der Waals surface area contributed by atoms with Gasteiger partial charge in [0.2, 0.25) is 5.91 Å². The number of carbonyl (C=O) groups is 2. The molecule has 0 aromatic carbocycles. The predicted molar refractivity (Wildman–Crippen MR) is 69.3 cm³/mol. The number of carbonyl (C=O) groups excluding carboxylic acids is 1. The average molecular weight is 254 g/mol. The molecule has 18 heavy (non-hydrogen) atoms. The maximum absolute atomic E-state index is 11.8. The van der Waals surface area contributed by atoms with Crippen molar-refractivity contribution in [2.45, 2.75) is 39.2 Å². The van der Waals surface area contributed by atoms with Crippen LogP contribution in [0.4, 0.5) is 0 Å². The van der Waals surface area contributed by atoms with Crippen molar-refractivity contribution in [2.24, 2.45) is 0 Å². The first-order valence-electron chi connectivity index (χ1n) is 6.32. The molecule has 0 spiro atoms. The standard InChI is InChI=1S/C13H22N2O3/c1-9(10(2)13(17)18)12(16)14-8-11-6-4-5-7-15(11)3/h11H,4-8H2,1-3H3,(H,14,16)(H,17,18). The number of nitrogens with zero attached hydrogens (tertiary/aromatic N) is 1. The van der Waals surface area contributed by atoms with Crippen molar-refractivity contribution >= 4 is 11.9 Å². The van der Waals surface area contributed by atoms with Gasteiger partial charge in [-0.05, 0) is 40.3 Å². The van der Waals surface area contributed by atoms with Crippen molar-refractivity contribution in [2.75, 3.05) is 20.1 Å². The largest absolute Gasteiger partial charge is 0.478 e. The molecule has 0 aromatic heterocycles. The molecule has 1 saturated heterocycles. The smallest absolute Gasteiger partial charge is 0.331 e. The lowest BCUT2D eigenvalue weighted by atomic mass is 10.0. The van der Waals surface area contributed by atoms with E-state index >= 15 is 0 Å². The van der Waals surface area contributed by atoms with Crippen LogP contribution < -0.4 is 5.32 Å². The van der Waals surface area contributed by atoms with E-state index in [0.717, 1.165) is 13.0 Å². The number of hydrogen-bond acceptors (Lipinski definition) is 3. The Bertz CT molecular complexity index is 363. The van der Waals surface area contributed by atoms with Crippen LogP contribution >= 0.6 is 0 Å². The Morgan fingerprint density at radius 1 is 1.28 bits per heavy atom. The lowest BCUT2D eigenvalue weighted by Gasteiger charge is -2.32. The highest BCUT2D eigenvalue weighted by Crippen LogP contribution is 2.14. The fraction of sp³-hybridized carbons (Fsp3) is 0.692. The van der Waals surface area contributed by atoms with E-state index in [9.17, 15) is 9.59 Å². The van der Waals surface area contributed by atoms with Crippen LogP contribution in [0.1, 0.15) is 33.1 Å². The quantitative estimate of drug-likeness (QED) is 0.735. The zero-order chi connectivity index (χ0) is 13.7. The maximum atomic E-state index is 11.8. The number of rotatable bonds is 4. The molecule has 0 saturated carbocycles. The zero-order valence-electron chi connectivity index (χ0n) is 11.3. The second kappa shape index (κ2) is 6.54. The predicted octanol–water partition coefficient (Wildman–Crippen LogP) is 1.01. The molecule has 1 aliphatic rings. The van der Waals surface area contributed by atoms with E-state index in [1.54, 1.807) is 6.92 Å². The Labute approximate surface area is 108 Å². The number of aliphatic carboxylic acids is 1. The number of hydrogen-bond donors (Lipinski definition) is 2. The first kappa shape index (κ1) is 14.7. The third kappa shape index (κ3) is 3.84. The van der Waals surface area contributed by atoms with Gasteiger partial charge in [-0.2, -0.15) is 0 Å². The Hall–Kier alpha value is -1.36. The summed E-state index contributed by atoms with van der Waals surface area (Å²) in [6.45, 7) is 4.64. The van der Waals surface area contributed by atoms with Crippen molar-refractivity contribution in [3.05, 3.63) is 11.1 Å². The van der Waals surface area contributed by atoms with Crippen molar-refractivity contribution in [1.29, 1.82) is 0 Å². The van der Waals surface area contributed by atoms with E-state index in [1.807, 2.05) is 0 Å². The van der Waals surface area contributed by atoms with Crippen molar-refractivity contribution < 1.29 is 14.7 Å². The average Bonchev–Trinajstić information content (AvgIpc) is 2.35. The summed E-state index contributed by atoms with van der Waals surface area (Å²) in [6.07, 6.45) is 3.48. The molecule has 102 valence electrons. The normalized spacial score (nSPS) is 22.3. The summed E-state index contributed by atoms with van der Waals surface area (Å²) in [5.74, 6) is -1.33. The Balaban J connectivity index is 2.50. The second-order valence-electron chi connectivity index (χ2n) is 4.90. The maximum Gasteiger partial charge on any atom is 0.331 e. The topological polar surface area (TPSA) is 69.6 Å².